The van der Waals surface area contributed by atoms with Crippen LogP contribution in [-0.2, 0) is 17.4 Å². The van der Waals surface area contributed by atoms with E-state index in [9.17, 15) is 18.0 Å². The smallest absolute Gasteiger partial charge is 0.322 e. The van der Waals surface area contributed by atoms with E-state index in [0.717, 1.165) is 12.1 Å². The van der Waals surface area contributed by atoms with Crippen LogP contribution in [0.4, 0.5) is 13.2 Å². The summed E-state index contributed by atoms with van der Waals surface area (Å²) in [6, 6.07) is 4.05. The van der Waals surface area contributed by atoms with Gasteiger partial charge in [0.1, 0.15) is 0 Å². The summed E-state index contributed by atoms with van der Waals surface area (Å²) in [5.41, 5.74) is 4.92. The van der Waals surface area contributed by atoms with Crippen molar-refractivity contribution in [3.05, 3.63) is 35.4 Å². The third-order valence-electron chi connectivity index (χ3n) is 2.14. The van der Waals surface area contributed by atoms with Crippen LogP contribution in [0.1, 0.15) is 18.1 Å². The third-order valence-corrected chi connectivity index (χ3v) is 2.14. The lowest BCUT2D eigenvalue weighted by Gasteiger charge is -2.09. The van der Waals surface area contributed by atoms with Crippen molar-refractivity contribution in [3.8, 4) is 0 Å². The van der Waals surface area contributed by atoms with Crippen LogP contribution in [0.15, 0.2) is 24.3 Å². The number of rotatable bonds is 3. The molecule has 0 heterocycles. The zero-order chi connectivity index (χ0) is 12.3. The van der Waals surface area contributed by atoms with Crippen molar-refractivity contribution < 1.29 is 18.0 Å². The second kappa shape index (κ2) is 4.65. The number of Topliss-reactive ketones (excluding diaryl/α,β-unsaturated/α-hetero) is 1. The predicted molar refractivity (Wildman–Crippen MR) is 53.8 cm³/mol. The zero-order valence-electron chi connectivity index (χ0n) is 8.71. The summed E-state index contributed by atoms with van der Waals surface area (Å²) in [5.74, 6) is -0.278. The van der Waals surface area contributed by atoms with Crippen molar-refractivity contribution in [2.24, 2.45) is 5.73 Å². The van der Waals surface area contributed by atoms with E-state index in [-0.39, 0.29) is 12.2 Å². The minimum absolute atomic E-state index is 0.0679. The Balaban J connectivity index is 2.88. The highest BCUT2D eigenvalue weighted by atomic mass is 19.4. The van der Waals surface area contributed by atoms with Gasteiger partial charge in [0.15, 0.2) is 5.78 Å². The molecule has 0 bridgehead atoms. The van der Waals surface area contributed by atoms with Gasteiger partial charge in [0.25, 0.3) is 0 Å². The number of halogens is 3. The summed E-state index contributed by atoms with van der Waals surface area (Å²) in [6.45, 7) is 1.51. The normalized spacial score (nSPS) is 13.6. The van der Waals surface area contributed by atoms with Gasteiger partial charge in [0.05, 0.1) is 11.6 Å². The van der Waals surface area contributed by atoms with Gasteiger partial charge in [-0.2, -0.15) is 13.2 Å². The van der Waals surface area contributed by atoms with E-state index in [0.29, 0.717) is 5.56 Å². The largest absolute Gasteiger partial charge is 0.416 e. The second-order valence-corrected chi connectivity index (χ2v) is 3.63. The molecule has 0 spiro atoms. The van der Waals surface area contributed by atoms with Crippen molar-refractivity contribution in [2.75, 3.05) is 0 Å². The molecule has 0 aromatic heterocycles. The van der Waals surface area contributed by atoms with Gasteiger partial charge in [0.2, 0.25) is 0 Å². The predicted octanol–water partition coefficient (Wildman–Crippen LogP) is 2.16. The van der Waals surface area contributed by atoms with Crippen molar-refractivity contribution in [1.82, 2.24) is 0 Å². The molecule has 1 rings (SSSR count). The first kappa shape index (κ1) is 12.7. The zero-order valence-corrected chi connectivity index (χ0v) is 8.71. The van der Waals surface area contributed by atoms with Gasteiger partial charge in [0, 0.05) is 6.42 Å². The maximum absolute atomic E-state index is 12.4. The first-order valence-electron chi connectivity index (χ1n) is 4.75. The molecule has 0 radical (unpaired) electrons. The first-order valence-corrected chi connectivity index (χ1v) is 4.75. The van der Waals surface area contributed by atoms with E-state index in [2.05, 4.69) is 0 Å². The molecule has 1 atom stereocenters. The number of nitrogens with two attached hydrogens (primary N) is 1. The molecule has 1 aromatic rings. The summed E-state index contributed by atoms with van der Waals surface area (Å²) in [6.07, 6.45) is -4.45. The maximum Gasteiger partial charge on any atom is 0.416 e. The van der Waals surface area contributed by atoms with Crippen LogP contribution in [0, 0.1) is 0 Å². The lowest BCUT2D eigenvalue weighted by molar-refractivity contribution is -0.137. The number of benzene rings is 1. The number of ketones is 1. The first-order chi connectivity index (χ1) is 7.30. The van der Waals surface area contributed by atoms with E-state index in [4.69, 9.17) is 5.73 Å². The van der Waals surface area contributed by atoms with Crippen LogP contribution < -0.4 is 5.73 Å². The molecule has 0 saturated heterocycles. The van der Waals surface area contributed by atoms with Gasteiger partial charge in [-0.3, -0.25) is 4.79 Å². The van der Waals surface area contributed by atoms with E-state index < -0.39 is 17.8 Å². The van der Waals surface area contributed by atoms with E-state index in [1.165, 1.54) is 19.1 Å². The lowest BCUT2D eigenvalue weighted by atomic mass is 10.0. The summed E-state index contributed by atoms with van der Waals surface area (Å²) >= 11 is 0. The molecule has 2 N–H and O–H groups in total. The van der Waals surface area contributed by atoms with Crippen LogP contribution in [-0.4, -0.2) is 11.8 Å². The fourth-order valence-corrected chi connectivity index (χ4v) is 1.22. The molecule has 88 valence electrons. The van der Waals surface area contributed by atoms with Crippen LogP contribution in [0.5, 0.6) is 0 Å². The molecule has 1 unspecified atom stereocenters. The highest BCUT2D eigenvalue weighted by Gasteiger charge is 2.30. The fraction of sp³-hybridized carbons (Fsp3) is 0.364. The highest BCUT2D eigenvalue weighted by Crippen LogP contribution is 2.29. The van der Waals surface area contributed by atoms with Crippen LogP contribution >= 0.6 is 0 Å². The highest BCUT2D eigenvalue weighted by molar-refractivity contribution is 5.85. The fourth-order valence-electron chi connectivity index (χ4n) is 1.22. The van der Waals surface area contributed by atoms with Crippen molar-refractivity contribution in [3.63, 3.8) is 0 Å². The van der Waals surface area contributed by atoms with Gasteiger partial charge in [-0.25, -0.2) is 0 Å². The standard InChI is InChI=1S/C11H12F3NO/c1-7(15)10(16)6-8-3-2-4-9(5-8)11(12,13)14/h2-5,7H,6,15H2,1H3. The number of hydrogen-bond acceptors (Lipinski definition) is 2. The average Bonchev–Trinajstić information content (AvgIpc) is 2.16. The Hall–Kier alpha value is -1.36. The molecule has 5 heteroatoms. The molecule has 0 saturated carbocycles. The Morgan fingerprint density at radius 3 is 2.56 bits per heavy atom. The van der Waals surface area contributed by atoms with Crippen LogP contribution in [0.2, 0.25) is 0 Å². The minimum atomic E-state index is -4.38. The lowest BCUT2D eigenvalue weighted by Crippen LogP contribution is -2.28. The molecule has 0 amide bonds. The van der Waals surface area contributed by atoms with Crippen molar-refractivity contribution >= 4 is 5.78 Å². The summed E-state index contributed by atoms with van der Waals surface area (Å²) in [5, 5.41) is 0. The topological polar surface area (TPSA) is 43.1 Å². The van der Waals surface area contributed by atoms with Gasteiger partial charge >= 0.3 is 6.18 Å². The van der Waals surface area contributed by atoms with Gasteiger partial charge < -0.3 is 5.73 Å². The summed E-state index contributed by atoms with van der Waals surface area (Å²) in [4.78, 5) is 11.3. The molecule has 0 aliphatic carbocycles. The molecule has 0 fully saturated rings. The van der Waals surface area contributed by atoms with Crippen LogP contribution in [0.3, 0.4) is 0 Å². The Morgan fingerprint density at radius 2 is 2.06 bits per heavy atom. The molecule has 0 aliphatic rings. The Kier molecular flexibility index (Phi) is 3.70. The van der Waals surface area contributed by atoms with Crippen molar-refractivity contribution in [2.45, 2.75) is 25.6 Å². The Morgan fingerprint density at radius 1 is 1.44 bits per heavy atom. The molecular formula is C11H12F3NO. The molecule has 1 aromatic carbocycles. The van der Waals surface area contributed by atoms with Gasteiger partial charge in [-0.05, 0) is 18.6 Å². The molecule has 0 aliphatic heterocycles. The molecule has 16 heavy (non-hydrogen) atoms. The van der Waals surface area contributed by atoms with Gasteiger partial charge in [-0.1, -0.05) is 18.2 Å². The van der Waals surface area contributed by atoms with Gasteiger partial charge in [-0.15, -0.1) is 0 Å². The van der Waals surface area contributed by atoms with E-state index in [1.807, 2.05) is 0 Å². The number of alkyl halides is 3. The Labute approximate surface area is 91.3 Å². The van der Waals surface area contributed by atoms with E-state index in [1.54, 1.807) is 0 Å². The number of hydrogen-bond donors (Lipinski definition) is 1. The Bertz CT molecular complexity index is 385. The number of carbonyl (C=O) groups is 1. The molecular weight excluding hydrogens is 219 g/mol. The monoisotopic (exact) mass is 231 g/mol. The quantitative estimate of drug-likeness (QED) is 0.866. The SMILES string of the molecule is CC(N)C(=O)Cc1cccc(C(F)(F)F)c1. The molecule has 2 nitrogen and oxygen atoms in total. The van der Waals surface area contributed by atoms with Crippen LogP contribution in [0.25, 0.3) is 0 Å². The van der Waals surface area contributed by atoms with Crippen molar-refractivity contribution in [1.29, 1.82) is 0 Å². The average molecular weight is 231 g/mol. The number of carbonyl (C=O) groups excluding carboxylic acids is 1. The summed E-state index contributed by atoms with van der Waals surface area (Å²) in [7, 11) is 0. The minimum Gasteiger partial charge on any atom is -0.322 e. The second-order valence-electron chi connectivity index (χ2n) is 3.63. The maximum atomic E-state index is 12.4. The summed E-state index contributed by atoms with van der Waals surface area (Å²) < 4.78 is 37.1. The van der Waals surface area contributed by atoms with E-state index >= 15 is 0 Å². The third kappa shape index (κ3) is 3.34.